The predicted octanol–water partition coefficient (Wildman–Crippen LogP) is 6.38. The van der Waals surface area contributed by atoms with E-state index in [4.69, 9.17) is 25.5 Å². The first-order chi connectivity index (χ1) is 17.2. The SMILES string of the molecule is COC(=O)C1=C(C)N(c2ccc(F)cc2)C(C)=C(C(=O)OC)C1c1ccc(-c2ccc(F)c(Cl)c2)o1. The first-order valence-electron chi connectivity index (χ1n) is 10.9. The number of furan rings is 1. The lowest BCUT2D eigenvalue weighted by atomic mass is 9.82. The van der Waals surface area contributed by atoms with Crippen molar-refractivity contribution < 1.29 is 32.3 Å². The largest absolute Gasteiger partial charge is 0.466 e. The molecule has 0 saturated heterocycles. The van der Waals surface area contributed by atoms with Crippen LogP contribution in [0.4, 0.5) is 14.5 Å². The number of allylic oxidation sites excluding steroid dienone is 2. The molecule has 1 aliphatic rings. The summed E-state index contributed by atoms with van der Waals surface area (Å²) in [5, 5.41) is -0.0740. The van der Waals surface area contributed by atoms with Gasteiger partial charge in [-0.2, -0.15) is 0 Å². The molecule has 9 heteroatoms. The number of ether oxygens (including phenoxy) is 2. The van der Waals surface area contributed by atoms with Crippen molar-refractivity contribution in [2.45, 2.75) is 19.8 Å². The molecule has 3 aromatic rings. The summed E-state index contributed by atoms with van der Waals surface area (Å²) >= 11 is 5.93. The van der Waals surface area contributed by atoms with E-state index in [-0.39, 0.29) is 21.9 Å². The maximum absolute atomic E-state index is 13.7. The van der Waals surface area contributed by atoms with Crippen LogP contribution >= 0.6 is 11.6 Å². The highest BCUT2D eigenvalue weighted by Crippen LogP contribution is 2.45. The van der Waals surface area contributed by atoms with Gasteiger partial charge in [0.15, 0.2) is 0 Å². The Kier molecular flexibility index (Phi) is 6.99. The van der Waals surface area contributed by atoms with Crippen molar-refractivity contribution in [1.29, 1.82) is 0 Å². The molecule has 36 heavy (non-hydrogen) atoms. The van der Waals surface area contributed by atoms with Crippen LogP contribution in [-0.2, 0) is 19.1 Å². The number of methoxy groups -OCH3 is 2. The number of rotatable bonds is 5. The molecule has 0 radical (unpaired) electrons. The monoisotopic (exact) mass is 513 g/mol. The highest BCUT2D eigenvalue weighted by atomic mass is 35.5. The molecule has 1 aromatic heterocycles. The van der Waals surface area contributed by atoms with Gasteiger partial charge >= 0.3 is 11.9 Å². The second kappa shape index (κ2) is 9.99. The van der Waals surface area contributed by atoms with Crippen LogP contribution in [0.5, 0.6) is 0 Å². The number of hydrogen-bond donors (Lipinski definition) is 0. The molecule has 0 N–H and O–H groups in total. The lowest BCUT2D eigenvalue weighted by Gasteiger charge is -2.36. The summed E-state index contributed by atoms with van der Waals surface area (Å²) in [5.74, 6) is -2.70. The molecule has 0 spiro atoms. The van der Waals surface area contributed by atoms with Crippen molar-refractivity contribution in [3.05, 3.63) is 99.6 Å². The predicted molar refractivity (Wildman–Crippen MR) is 130 cm³/mol. The summed E-state index contributed by atoms with van der Waals surface area (Å²) in [5.41, 5.74) is 2.26. The molecule has 0 aliphatic carbocycles. The molecule has 1 aliphatic heterocycles. The van der Waals surface area contributed by atoms with E-state index in [0.717, 1.165) is 0 Å². The molecule has 6 nitrogen and oxygen atoms in total. The summed E-state index contributed by atoms with van der Waals surface area (Å²) in [6, 6.07) is 13.0. The Morgan fingerprint density at radius 1 is 0.889 bits per heavy atom. The minimum atomic E-state index is -0.966. The number of anilines is 1. The van der Waals surface area contributed by atoms with E-state index in [9.17, 15) is 18.4 Å². The Bertz CT molecular complexity index is 1370. The number of halogens is 3. The van der Waals surface area contributed by atoms with Crippen LogP contribution in [0, 0.1) is 11.6 Å². The average Bonchev–Trinajstić information content (AvgIpc) is 3.35. The van der Waals surface area contributed by atoms with Gasteiger partial charge in [0.25, 0.3) is 0 Å². The van der Waals surface area contributed by atoms with E-state index >= 15 is 0 Å². The Hall–Kier alpha value is -3.91. The first kappa shape index (κ1) is 25.2. The lowest BCUT2D eigenvalue weighted by molar-refractivity contribution is -0.137. The third-order valence-electron chi connectivity index (χ3n) is 6.04. The fourth-order valence-corrected chi connectivity index (χ4v) is 4.56. The van der Waals surface area contributed by atoms with E-state index in [1.54, 1.807) is 30.9 Å². The van der Waals surface area contributed by atoms with Crippen LogP contribution in [-0.4, -0.2) is 26.2 Å². The highest BCUT2D eigenvalue weighted by molar-refractivity contribution is 6.31. The minimum absolute atomic E-state index is 0.0740. The van der Waals surface area contributed by atoms with Crippen LogP contribution in [0.15, 0.2) is 81.6 Å². The number of carbonyl (C=O) groups is 2. The van der Waals surface area contributed by atoms with E-state index in [1.807, 2.05) is 0 Å². The second-order valence-corrected chi connectivity index (χ2v) is 8.46. The van der Waals surface area contributed by atoms with Crippen molar-refractivity contribution in [3.8, 4) is 11.3 Å². The van der Waals surface area contributed by atoms with Crippen LogP contribution in [0.2, 0.25) is 5.02 Å². The van der Waals surface area contributed by atoms with E-state index in [0.29, 0.717) is 28.4 Å². The Morgan fingerprint density at radius 3 is 2.00 bits per heavy atom. The van der Waals surface area contributed by atoms with Crippen LogP contribution in [0.25, 0.3) is 11.3 Å². The topological polar surface area (TPSA) is 69.0 Å². The van der Waals surface area contributed by atoms with Gasteiger partial charge in [-0.05, 0) is 68.4 Å². The van der Waals surface area contributed by atoms with Gasteiger partial charge < -0.3 is 18.8 Å². The maximum Gasteiger partial charge on any atom is 0.336 e. The van der Waals surface area contributed by atoms with Crippen molar-refractivity contribution in [2.75, 3.05) is 19.1 Å². The van der Waals surface area contributed by atoms with Gasteiger partial charge in [-0.1, -0.05) is 11.6 Å². The average molecular weight is 514 g/mol. The number of benzene rings is 2. The van der Waals surface area contributed by atoms with Crippen molar-refractivity contribution in [1.82, 2.24) is 0 Å². The number of carbonyl (C=O) groups excluding carboxylic acids is 2. The summed E-state index contributed by atoms with van der Waals surface area (Å²) in [7, 11) is 2.47. The molecule has 186 valence electrons. The Labute approximate surface area is 211 Å². The third-order valence-corrected chi connectivity index (χ3v) is 6.33. The number of esters is 2. The fourth-order valence-electron chi connectivity index (χ4n) is 4.38. The van der Waals surface area contributed by atoms with Crippen LogP contribution in [0.1, 0.15) is 25.5 Å². The maximum atomic E-state index is 13.7. The van der Waals surface area contributed by atoms with Gasteiger partial charge in [-0.3, -0.25) is 0 Å². The molecule has 2 heterocycles. The van der Waals surface area contributed by atoms with Gasteiger partial charge in [0.1, 0.15) is 23.2 Å². The Morgan fingerprint density at radius 2 is 1.47 bits per heavy atom. The minimum Gasteiger partial charge on any atom is -0.466 e. The summed E-state index contributed by atoms with van der Waals surface area (Å²) in [4.78, 5) is 27.8. The molecule has 0 unspecified atom stereocenters. The van der Waals surface area contributed by atoms with Crippen LogP contribution < -0.4 is 4.90 Å². The van der Waals surface area contributed by atoms with Gasteiger partial charge in [0, 0.05) is 22.6 Å². The zero-order chi connectivity index (χ0) is 26.1. The van der Waals surface area contributed by atoms with Gasteiger partial charge in [-0.15, -0.1) is 0 Å². The van der Waals surface area contributed by atoms with E-state index in [2.05, 4.69) is 0 Å². The first-order valence-corrected chi connectivity index (χ1v) is 11.2. The molecule has 0 saturated carbocycles. The zero-order valence-electron chi connectivity index (χ0n) is 19.9. The molecule has 0 amide bonds. The van der Waals surface area contributed by atoms with Gasteiger partial charge in [0.05, 0.1) is 36.3 Å². The van der Waals surface area contributed by atoms with Crippen LogP contribution in [0.3, 0.4) is 0 Å². The smallest absolute Gasteiger partial charge is 0.336 e. The molecular formula is C27H22ClF2NO5. The lowest BCUT2D eigenvalue weighted by Crippen LogP contribution is -2.35. The van der Waals surface area contributed by atoms with Gasteiger partial charge in [-0.25, -0.2) is 18.4 Å². The van der Waals surface area contributed by atoms with Crippen molar-refractivity contribution in [2.24, 2.45) is 0 Å². The fraction of sp³-hybridized carbons (Fsp3) is 0.185. The molecule has 0 atom stereocenters. The summed E-state index contributed by atoms with van der Waals surface area (Å²) < 4.78 is 43.5. The quantitative estimate of drug-likeness (QED) is 0.369. The normalized spacial score (nSPS) is 14.4. The molecule has 0 bridgehead atoms. The highest BCUT2D eigenvalue weighted by Gasteiger charge is 2.42. The van der Waals surface area contributed by atoms with E-state index in [1.165, 1.54) is 56.7 Å². The molecule has 4 rings (SSSR count). The molecular weight excluding hydrogens is 492 g/mol. The van der Waals surface area contributed by atoms with Crippen molar-refractivity contribution >= 4 is 29.2 Å². The number of nitrogens with zero attached hydrogens (tertiary/aromatic N) is 1. The standard InChI is InChI=1S/C27H22ClF2NO5/c1-14-23(26(32)34-3)25(22-12-11-21(36-22)16-5-10-20(30)19(28)13-16)24(27(33)35-4)15(2)31(14)18-8-6-17(29)7-9-18/h5-13,25H,1-4H3. The summed E-state index contributed by atoms with van der Waals surface area (Å²) in [6.45, 7) is 3.40. The zero-order valence-corrected chi connectivity index (χ0v) is 20.7. The van der Waals surface area contributed by atoms with Gasteiger partial charge in [0.2, 0.25) is 0 Å². The summed E-state index contributed by atoms with van der Waals surface area (Å²) in [6.07, 6.45) is 0. The second-order valence-electron chi connectivity index (χ2n) is 8.06. The Balaban J connectivity index is 1.92. The third kappa shape index (κ3) is 4.40. The van der Waals surface area contributed by atoms with Crippen molar-refractivity contribution in [3.63, 3.8) is 0 Å². The molecule has 2 aromatic carbocycles. The van der Waals surface area contributed by atoms with E-state index < -0.39 is 29.5 Å². The molecule has 0 fully saturated rings. The number of hydrogen-bond acceptors (Lipinski definition) is 6.